The van der Waals surface area contributed by atoms with Gasteiger partial charge in [-0.25, -0.2) is 9.97 Å². The largest absolute Gasteiger partial charge is 0.372 e. The summed E-state index contributed by atoms with van der Waals surface area (Å²) in [5, 5.41) is 0. The predicted molar refractivity (Wildman–Crippen MR) is 87.7 cm³/mol. The van der Waals surface area contributed by atoms with Crippen LogP contribution in [0.3, 0.4) is 0 Å². The Morgan fingerprint density at radius 1 is 1.21 bits per heavy atom. The van der Waals surface area contributed by atoms with Gasteiger partial charge in [0.2, 0.25) is 11.9 Å². The third-order valence-electron chi connectivity index (χ3n) is 5.22. The first kappa shape index (κ1) is 15.8. The molecule has 0 N–H and O–H groups in total. The number of ether oxygens (including phenoxy) is 2. The van der Waals surface area contributed by atoms with Crippen molar-refractivity contribution in [2.45, 2.75) is 43.9 Å². The highest BCUT2D eigenvalue weighted by Gasteiger charge is 2.44. The number of hydrogen-bond donors (Lipinski definition) is 0. The second kappa shape index (κ2) is 7.03. The molecule has 24 heavy (non-hydrogen) atoms. The van der Waals surface area contributed by atoms with E-state index >= 15 is 0 Å². The SMILES string of the molecule is O=C(CO[C@@H]1CC[C@H]2[C@H]1OCCN2c1ncccn1)N1CCCC1. The molecule has 0 unspecified atom stereocenters. The minimum atomic E-state index is -0.0203. The molecule has 1 aromatic rings. The number of fused-ring (bicyclic) bond motifs is 1. The second-order valence-electron chi connectivity index (χ2n) is 6.66. The van der Waals surface area contributed by atoms with Gasteiger partial charge in [0.1, 0.15) is 12.7 Å². The zero-order valence-corrected chi connectivity index (χ0v) is 13.8. The number of rotatable bonds is 4. The molecule has 0 bridgehead atoms. The number of morpholine rings is 1. The van der Waals surface area contributed by atoms with Gasteiger partial charge >= 0.3 is 0 Å². The van der Waals surface area contributed by atoms with E-state index in [1.165, 1.54) is 0 Å². The molecule has 1 aromatic heterocycles. The molecule has 130 valence electrons. The van der Waals surface area contributed by atoms with Crippen LogP contribution in [-0.2, 0) is 14.3 Å². The van der Waals surface area contributed by atoms with E-state index in [1.807, 2.05) is 11.0 Å². The smallest absolute Gasteiger partial charge is 0.248 e. The highest BCUT2D eigenvalue weighted by molar-refractivity contribution is 5.77. The zero-order valence-electron chi connectivity index (χ0n) is 13.8. The number of carbonyl (C=O) groups is 1. The summed E-state index contributed by atoms with van der Waals surface area (Å²) in [6, 6.07) is 2.06. The van der Waals surface area contributed by atoms with Crippen molar-refractivity contribution in [3.63, 3.8) is 0 Å². The molecule has 1 amide bonds. The third kappa shape index (κ3) is 3.10. The Hall–Kier alpha value is -1.73. The molecule has 1 aliphatic carbocycles. The minimum absolute atomic E-state index is 0.00562. The Morgan fingerprint density at radius 3 is 2.79 bits per heavy atom. The Kier molecular flexibility index (Phi) is 4.62. The Labute approximate surface area is 142 Å². The van der Waals surface area contributed by atoms with E-state index in [0.29, 0.717) is 6.61 Å². The summed E-state index contributed by atoms with van der Waals surface area (Å²) in [6.07, 6.45) is 7.61. The van der Waals surface area contributed by atoms with Crippen LogP contribution in [0.15, 0.2) is 18.5 Å². The molecule has 3 atom stereocenters. The standard InChI is InChI=1S/C17H24N4O3/c22-15(20-8-1-2-9-20)12-24-14-5-4-13-16(14)23-11-10-21(13)17-18-6-3-7-19-17/h3,6-7,13-14,16H,1-2,4-5,8-12H2/t13-,14+,16+/m0/s1. The van der Waals surface area contributed by atoms with E-state index in [2.05, 4.69) is 14.9 Å². The van der Waals surface area contributed by atoms with Crippen LogP contribution in [0.1, 0.15) is 25.7 Å². The van der Waals surface area contributed by atoms with E-state index < -0.39 is 0 Å². The number of anilines is 1. The molecule has 3 heterocycles. The van der Waals surface area contributed by atoms with E-state index in [9.17, 15) is 4.79 Å². The van der Waals surface area contributed by atoms with Crippen molar-refractivity contribution in [3.05, 3.63) is 18.5 Å². The zero-order chi connectivity index (χ0) is 16.4. The lowest BCUT2D eigenvalue weighted by Crippen LogP contribution is -2.52. The van der Waals surface area contributed by atoms with E-state index in [-0.39, 0.29) is 30.8 Å². The third-order valence-corrected chi connectivity index (χ3v) is 5.22. The first-order chi connectivity index (χ1) is 11.8. The number of aromatic nitrogens is 2. The van der Waals surface area contributed by atoms with E-state index in [0.717, 1.165) is 51.3 Å². The summed E-state index contributed by atoms with van der Waals surface area (Å²) in [6.45, 7) is 3.34. The Bertz CT molecular complexity index is 564. The second-order valence-corrected chi connectivity index (χ2v) is 6.66. The van der Waals surface area contributed by atoms with Gasteiger partial charge in [-0.05, 0) is 31.7 Å². The first-order valence-electron chi connectivity index (χ1n) is 8.87. The Balaban J connectivity index is 1.36. The molecule has 7 heteroatoms. The van der Waals surface area contributed by atoms with Gasteiger partial charge in [-0.15, -0.1) is 0 Å². The topological polar surface area (TPSA) is 67.8 Å². The summed E-state index contributed by atoms with van der Waals surface area (Å²) in [4.78, 5) is 25.0. The quantitative estimate of drug-likeness (QED) is 0.814. The van der Waals surface area contributed by atoms with Gasteiger partial charge in [0, 0.05) is 32.0 Å². The van der Waals surface area contributed by atoms with Crippen LogP contribution in [0.4, 0.5) is 5.95 Å². The van der Waals surface area contributed by atoms with Crippen molar-refractivity contribution in [1.82, 2.24) is 14.9 Å². The molecule has 2 saturated heterocycles. The fraction of sp³-hybridized carbons (Fsp3) is 0.706. The number of nitrogens with zero attached hydrogens (tertiary/aromatic N) is 4. The molecule has 3 fully saturated rings. The number of carbonyl (C=O) groups excluding carboxylic acids is 1. The summed E-state index contributed by atoms with van der Waals surface area (Å²) >= 11 is 0. The van der Waals surface area contributed by atoms with Crippen molar-refractivity contribution in [2.75, 3.05) is 37.7 Å². The van der Waals surface area contributed by atoms with Crippen molar-refractivity contribution in [1.29, 1.82) is 0 Å². The van der Waals surface area contributed by atoms with E-state index in [4.69, 9.17) is 9.47 Å². The average molecular weight is 332 g/mol. The van der Waals surface area contributed by atoms with Gasteiger partial charge < -0.3 is 19.3 Å². The summed E-state index contributed by atoms with van der Waals surface area (Å²) in [7, 11) is 0. The molecule has 0 spiro atoms. The van der Waals surface area contributed by atoms with Crippen molar-refractivity contribution < 1.29 is 14.3 Å². The monoisotopic (exact) mass is 332 g/mol. The predicted octanol–water partition coefficient (Wildman–Crippen LogP) is 0.852. The average Bonchev–Trinajstić information content (AvgIpc) is 3.30. The number of likely N-dealkylation sites (tertiary alicyclic amines) is 1. The minimum Gasteiger partial charge on any atom is -0.372 e. The molecule has 0 aromatic carbocycles. The van der Waals surface area contributed by atoms with Crippen molar-refractivity contribution >= 4 is 11.9 Å². The summed E-state index contributed by atoms with van der Waals surface area (Å²) in [5.41, 5.74) is 0. The van der Waals surface area contributed by atoms with Gasteiger partial charge in [0.05, 0.1) is 18.8 Å². The highest BCUT2D eigenvalue weighted by atomic mass is 16.5. The maximum Gasteiger partial charge on any atom is 0.248 e. The first-order valence-corrected chi connectivity index (χ1v) is 8.87. The molecule has 7 nitrogen and oxygen atoms in total. The lowest BCUT2D eigenvalue weighted by molar-refractivity contribution is -0.141. The summed E-state index contributed by atoms with van der Waals surface area (Å²) in [5.74, 6) is 0.861. The highest BCUT2D eigenvalue weighted by Crippen LogP contribution is 2.33. The van der Waals surface area contributed by atoms with E-state index in [1.54, 1.807) is 12.4 Å². The Morgan fingerprint density at radius 2 is 2.00 bits per heavy atom. The van der Waals surface area contributed by atoms with Gasteiger partial charge in [0.25, 0.3) is 0 Å². The molecular formula is C17H24N4O3. The molecular weight excluding hydrogens is 308 g/mol. The molecule has 2 aliphatic heterocycles. The van der Waals surface area contributed by atoms with Gasteiger partial charge in [-0.3, -0.25) is 4.79 Å². The van der Waals surface area contributed by atoms with Crippen LogP contribution in [0, 0.1) is 0 Å². The fourth-order valence-electron chi connectivity index (χ4n) is 4.02. The van der Waals surface area contributed by atoms with Crippen LogP contribution in [-0.4, -0.2) is 71.9 Å². The molecule has 0 radical (unpaired) electrons. The molecule has 4 rings (SSSR count). The van der Waals surface area contributed by atoms with Gasteiger partial charge in [-0.2, -0.15) is 0 Å². The van der Waals surface area contributed by atoms with Crippen molar-refractivity contribution in [2.24, 2.45) is 0 Å². The fourth-order valence-corrected chi connectivity index (χ4v) is 4.02. The van der Waals surface area contributed by atoms with Crippen LogP contribution in [0.5, 0.6) is 0 Å². The van der Waals surface area contributed by atoms with Crippen LogP contribution in [0.2, 0.25) is 0 Å². The van der Waals surface area contributed by atoms with Crippen LogP contribution >= 0.6 is 0 Å². The van der Waals surface area contributed by atoms with Gasteiger partial charge in [-0.1, -0.05) is 0 Å². The molecule has 1 saturated carbocycles. The van der Waals surface area contributed by atoms with Crippen LogP contribution in [0.25, 0.3) is 0 Å². The number of hydrogen-bond acceptors (Lipinski definition) is 6. The normalized spacial score (nSPS) is 29.8. The lowest BCUT2D eigenvalue weighted by atomic mass is 10.1. The maximum absolute atomic E-state index is 12.2. The maximum atomic E-state index is 12.2. The summed E-state index contributed by atoms with van der Waals surface area (Å²) < 4.78 is 11.9. The molecule has 3 aliphatic rings. The lowest BCUT2D eigenvalue weighted by Gasteiger charge is -2.39. The van der Waals surface area contributed by atoms with Crippen LogP contribution < -0.4 is 4.90 Å². The van der Waals surface area contributed by atoms with Crippen molar-refractivity contribution in [3.8, 4) is 0 Å². The van der Waals surface area contributed by atoms with Gasteiger partial charge in [0.15, 0.2) is 0 Å². The number of amides is 1.